The molecule has 62 heavy (non-hydrogen) atoms. The van der Waals surface area contributed by atoms with Gasteiger partial charge < -0.3 is 89.3 Å². The summed E-state index contributed by atoms with van der Waals surface area (Å²) in [6.07, 6.45) is -13.9. The van der Waals surface area contributed by atoms with E-state index in [-0.39, 0.29) is 67.2 Å². The second kappa shape index (κ2) is 17.8. The van der Waals surface area contributed by atoms with Gasteiger partial charge in [0.05, 0.1) is 44.2 Å². The lowest BCUT2D eigenvalue weighted by Crippen LogP contribution is -2.63. The number of rotatable bonds is 11. The summed E-state index contributed by atoms with van der Waals surface area (Å²) in [6, 6.07) is 0. The first kappa shape index (κ1) is 47.3. The van der Waals surface area contributed by atoms with Crippen molar-refractivity contribution in [3.63, 3.8) is 0 Å². The molecule has 0 aromatic heterocycles. The maximum absolute atomic E-state index is 12.1. The van der Waals surface area contributed by atoms with Gasteiger partial charge in [-0.3, -0.25) is 0 Å². The molecule has 3 saturated carbocycles. The molecule has 0 aromatic carbocycles. The van der Waals surface area contributed by atoms with E-state index in [2.05, 4.69) is 33.4 Å². The molecule has 11 N–H and O–H groups in total. The second-order valence-corrected chi connectivity index (χ2v) is 20.2. The van der Waals surface area contributed by atoms with E-state index in [0.717, 1.165) is 31.3 Å². The van der Waals surface area contributed by atoms with Crippen LogP contribution >= 0.6 is 0 Å². The van der Waals surface area contributed by atoms with Gasteiger partial charge in [-0.2, -0.15) is 0 Å². The molecule has 4 heterocycles. The SMILES string of the molecule is C=C(CCC1(O)O[C@H]2C[C@H]3[C@@H]4CC=C5C[C@@H](O)C[C@@H](O[C@@H]6OC[C@H](O)[C@H](O)[C@H]6O[C@@H]6O[C@@H](C)[C@H](O)[C@@H](O)[C@H]6O)[C@]5(C)[C@H]4CC[C@]3(C)[C@H]2[C@@H]1C)CO[C@@H]1O[C@H](CO)[C@@H](O)[C@H](O)[C@H]1O. The van der Waals surface area contributed by atoms with Gasteiger partial charge in [0.25, 0.3) is 0 Å². The van der Waals surface area contributed by atoms with Crippen molar-refractivity contribution in [2.24, 2.45) is 40.4 Å². The van der Waals surface area contributed by atoms with Crippen LogP contribution in [-0.2, 0) is 33.2 Å². The van der Waals surface area contributed by atoms with Crippen molar-refractivity contribution in [3.05, 3.63) is 23.8 Å². The van der Waals surface area contributed by atoms with Gasteiger partial charge in [0.1, 0.15) is 61.0 Å². The predicted molar refractivity (Wildman–Crippen MR) is 213 cm³/mol. The maximum Gasteiger partial charge on any atom is 0.187 e. The molecule has 0 amide bonds. The first-order chi connectivity index (χ1) is 29.2. The summed E-state index contributed by atoms with van der Waals surface area (Å²) in [5.74, 6) is -0.883. The van der Waals surface area contributed by atoms with Crippen molar-refractivity contribution >= 4 is 0 Å². The predicted octanol–water partition coefficient (Wildman–Crippen LogP) is -1.30. The Balaban J connectivity index is 0.936. The lowest BCUT2D eigenvalue weighted by molar-refractivity contribution is -0.362. The van der Waals surface area contributed by atoms with E-state index < -0.39 is 116 Å². The number of ether oxygens (including phenoxy) is 7. The largest absolute Gasteiger partial charge is 0.394 e. The van der Waals surface area contributed by atoms with E-state index in [1.807, 2.05) is 0 Å². The van der Waals surface area contributed by atoms with E-state index in [4.69, 9.17) is 33.2 Å². The van der Waals surface area contributed by atoms with Crippen molar-refractivity contribution in [2.45, 2.75) is 189 Å². The highest BCUT2D eigenvalue weighted by atomic mass is 16.8. The molecule has 1 unspecified atom stereocenters. The Bertz CT molecular complexity index is 1630. The Morgan fingerprint density at radius 3 is 2.27 bits per heavy atom. The normalized spacial score (nSPS) is 55.1. The fourth-order valence-corrected chi connectivity index (χ4v) is 13.2. The first-order valence-corrected chi connectivity index (χ1v) is 22.6. The number of fused-ring (bicyclic) bond motifs is 7. The maximum atomic E-state index is 12.1. The molecule has 8 rings (SSSR count). The van der Waals surface area contributed by atoms with Gasteiger partial charge in [0.2, 0.25) is 0 Å². The molecule has 354 valence electrons. The van der Waals surface area contributed by atoms with Crippen LogP contribution < -0.4 is 0 Å². The molecular formula is C44H70O18. The number of allylic oxidation sites excluding steroid dienone is 1. The monoisotopic (exact) mass is 886 g/mol. The molecule has 18 nitrogen and oxygen atoms in total. The van der Waals surface area contributed by atoms with Gasteiger partial charge in [0, 0.05) is 24.2 Å². The first-order valence-electron chi connectivity index (χ1n) is 22.6. The van der Waals surface area contributed by atoms with E-state index in [1.165, 1.54) is 6.92 Å². The van der Waals surface area contributed by atoms with Gasteiger partial charge >= 0.3 is 0 Å². The molecule has 0 aromatic rings. The van der Waals surface area contributed by atoms with Crippen LogP contribution in [0.2, 0.25) is 0 Å². The van der Waals surface area contributed by atoms with Crippen LogP contribution in [-0.4, -0.2) is 186 Å². The van der Waals surface area contributed by atoms with Gasteiger partial charge in [-0.25, -0.2) is 0 Å². The van der Waals surface area contributed by atoms with Crippen LogP contribution in [0.3, 0.4) is 0 Å². The van der Waals surface area contributed by atoms with Crippen molar-refractivity contribution in [1.29, 1.82) is 0 Å². The summed E-state index contributed by atoms with van der Waals surface area (Å²) in [6.45, 7) is 11.3. The molecule has 4 aliphatic carbocycles. The quantitative estimate of drug-likeness (QED) is 0.108. The average Bonchev–Trinajstić information content (AvgIpc) is 3.67. The molecule has 0 spiro atoms. The van der Waals surface area contributed by atoms with E-state index in [0.29, 0.717) is 18.4 Å². The highest BCUT2D eigenvalue weighted by Crippen LogP contribution is 2.70. The van der Waals surface area contributed by atoms with Crippen molar-refractivity contribution in [1.82, 2.24) is 0 Å². The Labute approximate surface area is 362 Å². The molecule has 25 atom stereocenters. The lowest BCUT2D eigenvalue weighted by Gasteiger charge is -2.60. The highest BCUT2D eigenvalue weighted by molar-refractivity contribution is 5.29. The topological polar surface area (TPSA) is 287 Å². The third-order valence-corrected chi connectivity index (χ3v) is 16.8. The number of aliphatic hydroxyl groups is 11. The van der Waals surface area contributed by atoms with Crippen LogP contribution in [0.4, 0.5) is 0 Å². The summed E-state index contributed by atoms with van der Waals surface area (Å²) in [5, 5.41) is 117. The molecule has 4 saturated heterocycles. The van der Waals surface area contributed by atoms with Gasteiger partial charge in [-0.05, 0) is 74.5 Å². The fourth-order valence-electron chi connectivity index (χ4n) is 13.2. The minimum atomic E-state index is -1.66. The van der Waals surface area contributed by atoms with Gasteiger partial charge in [-0.1, -0.05) is 44.6 Å². The minimum absolute atomic E-state index is 0.0472. The summed E-state index contributed by atoms with van der Waals surface area (Å²) in [7, 11) is 0. The van der Waals surface area contributed by atoms with Gasteiger partial charge in [0.15, 0.2) is 24.7 Å². The van der Waals surface area contributed by atoms with Crippen LogP contribution in [0.15, 0.2) is 23.8 Å². The summed E-state index contributed by atoms with van der Waals surface area (Å²) >= 11 is 0. The molecule has 0 radical (unpaired) electrons. The number of aliphatic hydroxyl groups excluding tert-OH is 10. The summed E-state index contributed by atoms with van der Waals surface area (Å²) in [4.78, 5) is 0. The lowest BCUT2D eigenvalue weighted by atomic mass is 9.46. The molecular weight excluding hydrogens is 816 g/mol. The van der Waals surface area contributed by atoms with Crippen LogP contribution in [0.1, 0.15) is 79.1 Å². The molecule has 7 fully saturated rings. The van der Waals surface area contributed by atoms with Crippen molar-refractivity contribution < 1.29 is 89.3 Å². The zero-order valence-corrected chi connectivity index (χ0v) is 36.0. The molecule has 8 aliphatic rings. The number of hydrogen-bond acceptors (Lipinski definition) is 18. The Morgan fingerprint density at radius 2 is 1.55 bits per heavy atom. The zero-order chi connectivity index (χ0) is 44.8. The smallest absolute Gasteiger partial charge is 0.187 e. The average molecular weight is 887 g/mol. The van der Waals surface area contributed by atoms with E-state index in [9.17, 15) is 56.2 Å². The fraction of sp³-hybridized carbons (Fsp3) is 0.909. The molecule has 4 aliphatic heterocycles. The molecule has 0 bridgehead atoms. The minimum Gasteiger partial charge on any atom is -0.394 e. The summed E-state index contributed by atoms with van der Waals surface area (Å²) in [5.41, 5.74) is 1.02. The number of hydrogen-bond donors (Lipinski definition) is 11. The Hall–Kier alpha value is -1.24. The van der Waals surface area contributed by atoms with Gasteiger partial charge in [-0.15, -0.1) is 0 Å². The molecule has 18 heteroatoms. The van der Waals surface area contributed by atoms with Crippen LogP contribution in [0.25, 0.3) is 0 Å². The summed E-state index contributed by atoms with van der Waals surface area (Å²) < 4.78 is 42.3. The van der Waals surface area contributed by atoms with Crippen LogP contribution in [0.5, 0.6) is 0 Å². The zero-order valence-electron chi connectivity index (χ0n) is 36.0. The van der Waals surface area contributed by atoms with Crippen molar-refractivity contribution in [3.8, 4) is 0 Å². The second-order valence-electron chi connectivity index (χ2n) is 20.2. The van der Waals surface area contributed by atoms with E-state index in [1.54, 1.807) is 0 Å². The van der Waals surface area contributed by atoms with Crippen molar-refractivity contribution in [2.75, 3.05) is 19.8 Å². The Morgan fingerprint density at radius 1 is 0.839 bits per heavy atom. The van der Waals surface area contributed by atoms with E-state index >= 15 is 0 Å². The third-order valence-electron chi connectivity index (χ3n) is 16.8. The highest BCUT2D eigenvalue weighted by Gasteiger charge is 2.69. The third kappa shape index (κ3) is 7.98. The van der Waals surface area contributed by atoms with Crippen LogP contribution in [0, 0.1) is 40.4 Å². The Kier molecular flexibility index (Phi) is 13.5. The standard InChI is InChI=1S/C44H70O18/c1-18(16-56-39-36(53)35(52)33(50)28(15-45)59-39)8-11-44(55)19(2)30-27(62-44)14-25-23-7-6-21-12-22(46)13-29(43(21,5)24(23)9-10-42(25,30)4)60-41-38(32(49)26(47)17-57-41)61-40-37(54)34(51)31(48)20(3)58-40/h6,19-20,22-41,45-55H,1,7-17H2,2-5H3/t19-,20-,22+,23+,24-,25-,26-,27-,28+,29+,30-,31-,32-,33+,34+,35-,36+,37+,38+,39+,40-,41-,42-,43-,44?/m0/s1.